The van der Waals surface area contributed by atoms with Crippen LogP contribution in [0.4, 0.5) is 0 Å². The van der Waals surface area contributed by atoms with Crippen molar-refractivity contribution >= 4 is 22.2 Å². The van der Waals surface area contributed by atoms with Gasteiger partial charge in [-0.15, -0.1) is 0 Å². The maximum Gasteiger partial charge on any atom is 0.263 e. The van der Waals surface area contributed by atoms with Gasteiger partial charge in [-0.1, -0.05) is 29.5 Å². The van der Waals surface area contributed by atoms with Gasteiger partial charge in [-0.25, -0.2) is 4.98 Å². The summed E-state index contributed by atoms with van der Waals surface area (Å²) in [6.45, 7) is 2.48. The molecule has 2 heterocycles. The number of fused-ring (bicyclic) bond motifs is 1. The number of nitrogens with zero attached hydrogens (tertiary/aromatic N) is 2. The summed E-state index contributed by atoms with van der Waals surface area (Å²) >= 11 is 1.40. The molecule has 0 radical (unpaired) electrons. The van der Waals surface area contributed by atoms with Crippen LogP contribution in [-0.2, 0) is 6.42 Å². The number of nitrogens with one attached hydrogen (secondary N) is 1. The minimum Gasteiger partial charge on any atom is -0.497 e. The SMILES string of the molecule is COc1ccc(-c2cn3c(C)c(C(=O)NCCc4ccccc4OC)sc3n2)cc1. The third kappa shape index (κ3) is 3.89. The van der Waals surface area contributed by atoms with Crippen molar-refractivity contribution in [3.8, 4) is 22.8 Å². The lowest BCUT2D eigenvalue weighted by atomic mass is 10.1. The summed E-state index contributed by atoms with van der Waals surface area (Å²) in [7, 11) is 3.30. The van der Waals surface area contributed by atoms with Gasteiger partial charge in [0.1, 0.15) is 16.4 Å². The summed E-state index contributed by atoms with van der Waals surface area (Å²) < 4.78 is 12.5. The smallest absolute Gasteiger partial charge is 0.263 e. The number of imidazole rings is 1. The average Bonchev–Trinajstić information content (AvgIpc) is 3.33. The minimum absolute atomic E-state index is 0.0797. The highest BCUT2D eigenvalue weighted by molar-refractivity contribution is 7.19. The number of aromatic nitrogens is 2. The zero-order valence-electron chi connectivity index (χ0n) is 17.1. The quantitative estimate of drug-likeness (QED) is 0.482. The van der Waals surface area contributed by atoms with Gasteiger partial charge in [0.05, 0.1) is 19.9 Å². The van der Waals surface area contributed by atoms with Crippen molar-refractivity contribution in [3.63, 3.8) is 0 Å². The van der Waals surface area contributed by atoms with E-state index in [1.165, 1.54) is 11.3 Å². The predicted molar refractivity (Wildman–Crippen MR) is 119 cm³/mol. The van der Waals surface area contributed by atoms with Crippen molar-refractivity contribution in [3.05, 3.63) is 70.9 Å². The van der Waals surface area contributed by atoms with Crippen LogP contribution in [0.15, 0.2) is 54.7 Å². The molecule has 0 saturated carbocycles. The Labute approximate surface area is 179 Å². The molecule has 0 aliphatic carbocycles. The molecule has 7 heteroatoms. The van der Waals surface area contributed by atoms with Crippen LogP contribution < -0.4 is 14.8 Å². The zero-order valence-corrected chi connectivity index (χ0v) is 18.0. The molecule has 2 aromatic heterocycles. The summed E-state index contributed by atoms with van der Waals surface area (Å²) in [5, 5.41) is 3.01. The summed E-state index contributed by atoms with van der Waals surface area (Å²) in [6.07, 6.45) is 2.67. The summed E-state index contributed by atoms with van der Waals surface area (Å²) in [6, 6.07) is 15.6. The van der Waals surface area contributed by atoms with Crippen LogP contribution in [0.25, 0.3) is 16.2 Å². The fourth-order valence-corrected chi connectivity index (χ4v) is 4.39. The van der Waals surface area contributed by atoms with Gasteiger partial charge in [0, 0.05) is 24.0 Å². The molecule has 1 amide bonds. The summed E-state index contributed by atoms with van der Waals surface area (Å²) in [5.41, 5.74) is 3.84. The Hall–Kier alpha value is -3.32. The van der Waals surface area contributed by atoms with Gasteiger partial charge >= 0.3 is 0 Å². The summed E-state index contributed by atoms with van der Waals surface area (Å²) in [4.78, 5) is 18.9. The van der Waals surface area contributed by atoms with Gasteiger partial charge in [0.25, 0.3) is 5.91 Å². The second kappa shape index (κ2) is 8.59. The van der Waals surface area contributed by atoms with Crippen molar-refractivity contribution in [2.24, 2.45) is 0 Å². The first-order valence-corrected chi connectivity index (χ1v) is 10.5. The van der Waals surface area contributed by atoms with Crippen LogP contribution in [0.3, 0.4) is 0 Å². The highest BCUT2D eigenvalue weighted by atomic mass is 32.1. The van der Waals surface area contributed by atoms with E-state index in [1.54, 1.807) is 14.2 Å². The molecule has 2 aromatic carbocycles. The predicted octanol–water partition coefficient (Wildman–Crippen LogP) is 4.36. The number of rotatable bonds is 7. The van der Waals surface area contributed by atoms with E-state index in [4.69, 9.17) is 14.5 Å². The first-order valence-electron chi connectivity index (χ1n) is 9.63. The minimum atomic E-state index is -0.0797. The maximum atomic E-state index is 12.7. The number of carbonyl (C=O) groups is 1. The first-order chi connectivity index (χ1) is 14.6. The standard InChI is InChI=1S/C23H23N3O3S/c1-15-21(22(27)24-13-12-17-6-4-5-7-20(17)29-3)30-23-25-19(14-26(15)23)16-8-10-18(28-2)11-9-16/h4-11,14H,12-13H2,1-3H3,(H,24,27). The van der Waals surface area contributed by atoms with Crippen LogP contribution in [-0.4, -0.2) is 36.1 Å². The monoisotopic (exact) mass is 421 g/mol. The van der Waals surface area contributed by atoms with Gasteiger partial charge in [-0.05, 0) is 49.2 Å². The maximum absolute atomic E-state index is 12.7. The molecule has 0 aliphatic heterocycles. The Kier molecular flexibility index (Phi) is 5.72. The van der Waals surface area contributed by atoms with E-state index >= 15 is 0 Å². The molecule has 6 nitrogen and oxygen atoms in total. The number of hydrogen-bond donors (Lipinski definition) is 1. The third-order valence-corrected chi connectivity index (χ3v) is 6.18. The number of carbonyl (C=O) groups excluding carboxylic acids is 1. The number of benzene rings is 2. The molecule has 0 spiro atoms. The van der Waals surface area contributed by atoms with E-state index in [-0.39, 0.29) is 5.91 Å². The third-order valence-electron chi connectivity index (χ3n) is 5.02. The van der Waals surface area contributed by atoms with Crippen LogP contribution in [0, 0.1) is 6.92 Å². The summed E-state index contributed by atoms with van der Waals surface area (Å²) in [5.74, 6) is 1.57. The molecule has 154 valence electrons. The van der Waals surface area contributed by atoms with Crippen molar-refractivity contribution < 1.29 is 14.3 Å². The highest BCUT2D eigenvalue weighted by Gasteiger charge is 2.18. The van der Waals surface area contributed by atoms with E-state index in [0.717, 1.165) is 39.0 Å². The Bertz CT molecular complexity index is 1180. The van der Waals surface area contributed by atoms with E-state index in [0.29, 0.717) is 17.8 Å². The van der Waals surface area contributed by atoms with Gasteiger partial charge < -0.3 is 14.8 Å². The highest BCUT2D eigenvalue weighted by Crippen LogP contribution is 2.28. The van der Waals surface area contributed by atoms with E-state index in [9.17, 15) is 4.79 Å². The van der Waals surface area contributed by atoms with Crippen molar-refractivity contribution in [1.29, 1.82) is 0 Å². The molecule has 0 fully saturated rings. The molecule has 4 rings (SSSR count). The van der Waals surface area contributed by atoms with Crippen molar-refractivity contribution in [2.45, 2.75) is 13.3 Å². The van der Waals surface area contributed by atoms with Crippen molar-refractivity contribution in [2.75, 3.05) is 20.8 Å². The van der Waals surface area contributed by atoms with Gasteiger partial charge in [0.15, 0.2) is 4.96 Å². The number of para-hydroxylation sites is 1. The zero-order chi connectivity index (χ0) is 21.1. The molecular formula is C23H23N3O3S. The number of hydrogen-bond acceptors (Lipinski definition) is 5. The lowest BCUT2D eigenvalue weighted by Gasteiger charge is -2.08. The van der Waals surface area contributed by atoms with Gasteiger partial charge in [0.2, 0.25) is 0 Å². The Morgan fingerprint density at radius 2 is 1.87 bits per heavy atom. The molecule has 1 N–H and O–H groups in total. The van der Waals surface area contributed by atoms with E-state index in [2.05, 4.69) is 5.32 Å². The molecular weight excluding hydrogens is 398 g/mol. The molecule has 0 aliphatic rings. The number of amides is 1. The Morgan fingerprint density at radius 3 is 2.57 bits per heavy atom. The lowest BCUT2D eigenvalue weighted by Crippen LogP contribution is -2.25. The molecule has 0 bridgehead atoms. The van der Waals surface area contributed by atoms with Crippen LogP contribution in [0.1, 0.15) is 20.9 Å². The number of methoxy groups -OCH3 is 2. The normalized spacial score (nSPS) is 10.9. The molecule has 0 unspecified atom stereocenters. The van der Waals surface area contributed by atoms with E-state index < -0.39 is 0 Å². The molecule has 0 atom stereocenters. The van der Waals surface area contributed by atoms with Crippen LogP contribution in [0.5, 0.6) is 11.5 Å². The van der Waals surface area contributed by atoms with E-state index in [1.807, 2.05) is 66.1 Å². The van der Waals surface area contributed by atoms with Gasteiger partial charge in [-0.2, -0.15) is 0 Å². The Balaban J connectivity index is 1.47. The van der Waals surface area contributed by atoms with Crippen molar-refractivity contribution in [1.82, 2.24) is 14.7 Å². The fourth-order valence-electron chi connectivity index (χ4n) is 3.36. The molecule has 4 aromatic rings. The second-order valence-corrected chi connectivity index (χ2v) is 7.82. The number of thiazole rings is 1. The number of aryl methyl sites for hydroxylation is 1. The fraction of sp³-hybridized carbons (Fsp3) is 0.217. The first kappa shape index (κ1) is 20.0. The second-order valence-electron chi connectivity index (χ2n) is 6.84. The molecule has 0 saturated heterocycles. The van der Waals surface area contributed by atoms with Crippen LogP contribution in [0.2, 0.25) is 0 Å². The number of ether oxygens (including phenoxy) is 2. The lowest BCUT2D eigenvalue weighted by molar-refractivity contribution is 0.0957. The largest absolute Gasteiger partial charge is 0.497 e. The van der Waals surface area contributed by atoms with Crippen LogP contribution >= 0.6 is 11.3 Å². The molecule has 30 heavy (non-hydrogen) atoms. The topological polar surface area (TPSA) is 64.9 Å². The average molecular weight is 422 g/mol. The Morgan fingerprint density at radius 1 is 1.10 bits per heavy atom. The van der Waals surface area contributed by atoms with Gasteiger partial charge in [-0.3, -0.25) is 9.20 Å².